The van der Waals surface area contributed by atoms with E-state index in [4.69, 9.17) is 0 Å². The summed E-state index contributed by atoms with van der Waals surface area (Å²) in [5, 5.41) is 4.95. The molecule has 2 aliphatic rings. The number of aromatic nitrogens is 1. The van der Waals surface area contributed by atoms with Crippen LogP contribution in [0.15, 0.2) is 0 Å². The van der Waals surface area contributed by atoms with E-state index in [9.17, 15) is 0 Å². The molecule has 1 N–H and O–H groups in total. The van der Waals surface area contributed by atoms with Gasteiger partial charge in [0.15, 0.2) is 0 Å². The third-order valence-electron chi connectivity index (χ3n) is 4.42. The van der Waals surface area contributed by atoms with Crippen LogP contribution in [0.2, 0.25) is 0 Å². The lowest BCUT2D eigenvalue weighted by atomic mass is 10.1. The molecule has 2 aliphatic heterocycles. The van der Waals surface area contributed by atoms with Crippen molar-refractivity contribution in [1.29, 1.82) is 0 Å². The van der Waals surface area contributed by atoms with Gasteiger partial charge in [-0.05, 0) is 40.0 Å². The minimum atomic E-state index is 0.525. The van der Waals surface area contributed by atoms with Gasteiger partial charge in [0.2, 0.25) is 0 Å². The maximum absolute atomic E-state index is 4.57. The van der Waals surface area contributed by atoms with Crippen molar-refractivity contribution in [3.8, 4) is 0 Å². The van der Waals surface area contributed by atoms with E-state index in [0.717, 1.165) is 6.04 Å². The molecule has 4 heteroatoms. The first-order chi connectivity index (χ1) is 8.63. The van der Waals surface area contributed by atoms with Gasteiger partial charge in [-0.25, -0.2) is 4.98 Å². The van der Waals surface area contributed by atoms with Crippen LogP contribution in [0.3, 0.4) is 0 Å². The summed E-state index contributed by atoms with van der Waals surface area (Å²) in [7, 11) is 0. The molecule has 0 aromatic carbocycles. The normalized spacial score (nSPS) is 30.4. The number of hydrogen-bond acceptors (Lipinski definition) is 4. The molecule has 100 valence electrons. The van der Waals surface area contributed by atoms with Gasteiger partial charge in [-0.15, -0.1) is 11.3 Å². The van der Waals surface area contributed by atoms with E-state index in [-0.39, 0.29) is 0 Å². The van der Waals surface area contributed by atoms with E-state index < -0.39 is 0 Å². The van der Waals surface area contributed by atoms with Crippen molar-refractivity contribution >= 4 is 11.3 Å². The molecule has 1 aromatic heterocycles. The van der Waals surface area contributed by atoms with Crippen LogP contribution in [-0.2, 0) is 0 Å². The van der Waals surface area contributed by atoms with E-state index in [1.54, 1.807) is 0 Å². The third kappa shape index (κ3) is 2.33. The van der Waals surface area contributed by atoms with Crippen molar-refractivity contribution in [1.82, 2.24) is 15.2 Å². The Balaban J connectivity index is 1.76. The molecule has 0 spiro atoms. The predicted molar refractivity (Wildman–Crippen MR) is 76.1 cm³/mol. The van der Waals surface area contributed by atoms with E-state index in [2.05, 4.69) is 36.0 Å². The molecule has 2 bridgehead atoms. The summed E-state index contributed by atoms with van der Waals surface area (Å²) < 4.78 is 0. The molecule has 3 unspecified atom stereocenters. The van der Waals surface area contributed by atoms with Crippen LogP contribution in [0.1, 0.15) is 47.8 Å². The van der Waals surface area contributed by atoms with Crippen LogP contribution < -0.4 is 5.32 Å². The summed E-state index contributed by atoms with van der Waals surface area (Å²) >= 11 is 1.87. The molecular weight excluding hydrogens is 242 g/mol. The highest BCUT2D eigenvalue weighted by Gasteiger charge is 2.32. The fraction of sp³-hybridized carbons (Fsp3) is 0.786. The maximum atomic E-state index is 4.57. The zero-order valence-corrected chi connectivity index (χ0v) is 12.4. The lowest BCUT2D eigenvalue weighted by molar-refractivity contribution is 0.202. The number of hydrogen-bond donors (Lipinski definition) is 1. The number of aryl methyl sites for hydroxylation is 2. The van der Waals surface area contributed by atoms with Gasteiger partial charge in [0.25, 0.3) is 0 Å². The first-order valence-corrected chi connectivity index (χ1v) is 7.89. The second-order valence-electron chi connectivity index (χ2n) is 5.78. The Morgan fingerprint density at radius 2 is 2.06 bits per heavy atom. The van der Waals surface area contributed by atoms with Gasteiger partial charge < -0.3 is 5.32 Å². The monoisotopic (exact) mass is 265 g/mol. The zero-order valence-electron chi connectivity index (χ0n) is 11.6. The SMILES string of the molecule is Cc1nc(C)c(C(C)N2CCC3CCC(C2)N3)s1. The second kappa shape index (κ2) is 4.91. The molecule has 18 heavy (non-hydrogen) atoms. The maximum Gasteiger partial charge on any atom is 0.0900 e. The van der Waals surface area contributed by atoms with Crippen LogP contribution in [-0.4, -0.2) is 35.1 Å². The van der Waals surface area contributed by atoms with Gasteiger partial charge in [-0.3, -0.25) is 4.90 Å². The van der Waals surface area contributed by atoms with Gasteiger partial charge in [-0.2, -0.15) is 0 Å². The molecule has 1 aromatic rings. The molecular formula is C14H23N3S. The van der Waals surface area contributed by atoms with Gasteiger partial charge in [-0.1, -0.05) is 0 Å². The summed E-state index contributed by atoms with van der Waals surface area (Å²) in [4.78, 5) is 8.69. The Morgan fingerprint density at radius 1 is 1.28 bits per heavy atom. The van der Waals surface area contributed by atoms with Crippen molar-refractivity contribution in [3.63, 3.8) is 0 Å². The highest BCUT2D eigenvalue weighted by Crippen LogP contribution is 2.31. The highest BCUT2D eigenvalue weighted by molar-refractivity contribution is 7.11. The molecule has 3 heterocycles. The Bertz CT molecular complexity index is 429. The lowest BCUT2D eigenvalue weighted by Crippen LogP contribution is -2.36. The number of thiazole rings is 1. The predicted octanol–water partition coefficient (Wildman–Crippen LogP) is 2.65. The molecule has 0 amide bonds. The Kier molecular flexibility index (Phi) is 3.43. The number of nitrogens with zero attached hydrogens (tertiary/aromatic N) is 2. The highest BCUT2D eigenvalue weighted by atomic mass is 32.1. The molecule has 3 nitrogen and oxygen atoms in total. The summed E-state index contributed by atoms with van der Waals surface area (Å²) in [6, 6.07) is 2.02. The Hall–Kier alpha value is -0.450. The fourth-order valence-electron chi connectivity index (χ4n) is 3.42. The van der Waals surface area contributed by atoms with Crippen LogP contribution in [0, 0.1) is 13.8 Å². The first kappa shape index (κ1) is 12.6. The minimum Gasteiger partial charge on any atom is -0.310 e. The topological polar surface area (TPSA) is 28.2 Å². The molecule has 0 aliphatic carbocycles. The second-order valence-corrected chi connectivity index (χ2v) is 7.01. The summed E-state index contributed by atoms with van der Waals surface area (Å²) in [5.74, 6) is 0. The zero-order chi connectivity index (χ0) is 12.7. The molecule has 0 saturated carbocycles. The van der Waals surface area contributed by atoms with Crippen LogP contribution in [0.5, 0.6) is 0 Å². The molecule has 0 radical (unpaired) electrons. The molecule has 3 rings (SSSR count). The summed E-state index contributed by atoms with van der Waals surface area (Å²) in [6.45, 7) is 9.04. The van der Waals surface area contributed by atoms with E-state index >= 15 is 0 Å². The number of fused-ring (bicyclic) bond motifs is 2. The van der Waals surface area contributed by atoms with Crippen molar-refractivity contribution in [2.45, 2.75) is 58.2 Å². The van der Waals surface area contributed by atoms with Crippen molar-refractivity contribution < 1.29 is 0 Å². The van der Waals surface area contributed by atoms with Crippen molar-refractivity contribution in [3.05, 3.63) is 15.6 Å². The molecule has 2 saturated heterocycles. The van der Waals surface area contributed by atoms with E-state index in [0.29, 0.717) is 12.1 Å². The average Bonchev–Trinajstić information content (AvgIpc) is 2.81. The van der Waals surface area contributed by atoms with Crippen molar-refractivity contribution in [2.24, 2.45) is 0 Å². The van der Waals surface area contributed by atoms with Gasteiger partial charge in [0.1, 0.15) is 0 Å². The third-order valence-corrected chi connectivity index (χ3v) is 5.66. The molecule has 3 atom stereocenters. The smallest absolute Gasteiger partial charge is 0.0900 e. The summed E-state index contributed by atoms with van der Waals surface area (Å²) in [6.07, 6.45) is 4.04. The quantitative estimate of drug-likeness (QED) is 0.891. The Labute approximate surface area is 114 Å². The average molecular weight is 265 g/mol. The lowest BCUT2D eigenvalue weighted by Gasteiger charge is -2.29. The fourth-order valence-corrected chi connectivity index (χ4v) is 4.44. The van der Waals surface area contributed by atoms with Crippen LogP contribution in [0.4, 0.5) is 0 Å². The number of rotatable bonds is 2. The largest absolute Gasteiger partial charge is 0.310 e. The first-order valence-electron chi connectivity index (χ1n) is 7.07. The standard InChI is InChI=1S/C14H23N3S/c1-9-14(18-11(3)15-9)10(2)17-7-6-12-4-5-13(8-17)16-12/h10,12-13,16H,4-8H2,1-3H3. The van der Waals surface area contributed by atoms with Gasteiger partial charge >= 0.3 is 0 Å². The van der Waals surface area contributed by atoms with Gasteiger partial charge in [0, 0.05) is 36.1 Å². The van der Waals surface area contributed by atoms with E-state index in [1.165, 1.54) is 47.9 Å². The number of nitrogens with one attached hydrogen (secondary N) is 1. The van der Waals surface area contributed by atoms with Crippen LogP contribution >= 0.6 is 11.3 Å². The van der Waals surface area contributed by atoms with E-state index in [1.807, 2.05) is 11.3 Å². The summed E-state index contributed by atoms with van der Waals surface area (Å²) in [5.41, 5.74) is 1.23. The minimum absolute atomic E-state index is 0.525. The van der Waals surface area contributed by atoms with Crippen LogP contribution in [0.25, 0.3) is 0 Å². The van der Waals surface area contributed by atoms with Gasteiger partial charge in [0.05, 0.1) is 10.7 Å². The number of likely N-dealkylation sites (tertiary alicyclic amines) is 1. The van der Waals surface area contributed by atoms with Crippen molar-refractivity contribution in [2.75, 3.05) is 13.1 Å². The molecule has 2 fully saturated rings. The Morgan fingerprint density at radius 3 is 2.78 bits per heavy atom.